The summed E-state index contributed by atoms with van der Waals surface area (Å²) >= 11 is 0. The summed E-state index contributed by atoms with van der Waals surface area (Å²) in [5.41, 5.74) is 3.11. The van der Waals surface area contributed by atoms with E-state index in [2.05, 4.69) is 22.1 Å². The van der Waals surface area contributed by atoms with Gasteiger partial charge in [0.25, 0.3) is 5.91 Å². The van der Waals surface area contributed by atoms with E-state index in [1.165, 1.54) is 18.4 Å². The summed E-state index contributed by atoms with van der Waals surface area (Å²) in [6, 6.07) is 7.76. The van der Waals surface area contributed by atoms with Crippen molar-refractivity contribution >= 4 is 11.5 Å². The molecule has 0 saturated carbocycles. The molecule has 2 aromatic rings. The van der Waals surface area contributed by atoms with Crippen molar-refractivity contribution in [3.05, 3.63) is 59.7 Å². The Hall–Kier alpha value is -2.69. The quantitative estimate of drug-likeness (QED) is 0.862. The molecule has 0 radical (unpaired) electrons. The summed E-state index contributed by atoms with van der Waals surface area (Å²) in [6.45, 7) is 1.41. The van der Waals surface area contributed by atoms with E-state index in [9.17, 15) is 4.79 Å². The number of carbonyl (C=O) groups excluding carboxylic acids is 1. The first-order valence-corrected chi connectivity index (χ1v) is 8.83. The Morgan fingerprint density at radius 3 is 2.84 bits per heavy atom. The normalized spacial score (nSPS) is 17.4. The maximum Gasteiger partial charge on any atom is 0.258 e. The number of carbonyl (C=O) groups is 1. The summed E-state index contributed by atoms with van der Waals surface area (Å²) in [5, 5.41) is 0. The van der Waals surface area contributed by atoms with E-state index in [0.717, 1.165) is 18.4 Å². The number of amides is 1. The van der Waals surface area contributed by atoms with Gasteiger partial charge in [-0.15, -0.1) is 0 Å². The molecule has 4 rings (SSSR count). The number of benzene rings is 1. The summed E-state index contributed by atoms with van der Waals surface area (Å²) in [5.74, 6) is 1.30. The first-order valence-electron chi connectivity index (χ1n) is 8.83. The van der Waals surface area contributed by atoms with E-state index >= 15 is 0 Å². The van der Waals surface area contributed by atoms with Crippen LogP contribution >= 0.6 is 0 Å². The molecule has 0 spiro atoms. The zero-order valence-electron chi connectivity index (χ0n) is 14.1. The molecule has 25 heavy (non-hydrogen) atoms. The number of nitrogens with zero attached hydrogens (tertiary/aromatic N) is 3. The second-order valence-electron chi connectivity index (χ2n) is 6.43. The molecule has 128 valence electrons. The predicted octanol–water partition coefficient (Wildman–Crippen LogP) is 3.47. The maximum atomic E-state index is 13.0. The Balaban J connectivity index is 1.63. The van der Waals surface area contributed by atoms with Crippen molar-refractivity contribution in [3.63, 3.8) is 0 Å². The standard InChI is InChI=1S/C20H21N3O2/c24-20-17-13-16(15-5-2-1-3-6-15)7-8-18(17)25-12-11-23(20)14-19-21-9-4-10-22-19/h4-5,7-10,13H,1-3,6,11-12,14H2. The lowest BCUT2D eigenvalue weighted by atomic mass is 9.92. The first-order chi connectivity index (χ1) is 12.3. The summed E-state index contributed by atoms with van der Waals surface area (Å²) in [4.78, 5) is 23.3. The van der Waals surface area contributed by atoms with Gasteiger partial charge in [0.1, 0.15) is 18.2 Å². The van der Waals surface area contributed by atoms with Crippen molar-refractivity contribution in [3.8, 4) is 5.75 Å². The molecule has 0 unspecified atom stereocenters. The first kappa shape index (κ1) is 15.8. The zero-order chi connectivity index (χ0) is 17.1. The molecular formula is C20H21N3O2. The lowest BCUT2D eigenvalue weighted by Gasteiger charge is -2.19. The number of rotatable bonds is 3. The Kier molecular flexibility index (Phi) is 4.46. The fourth-order valence-electron chi connectivity index (χ4n) is 3.39. The highest BCUT2D eigenvalue weighted by atomic mass is 16.5. The molecule has 0 N–H and O–H groups in total. The van der Waals surface area contributed by atoms with Gasteiger partial charge in [-0.25, -0.2) is 9.97 Å². The number of hydrogen-bond donors (Lipinski definition) is 0. The summed E-state index contributed by atoms with van der Waals surface area (Å²) in [7, 11) is 0. The minimum absolute atomic E-state index is 0.0155. The SMILES string of the molecule is O=C1c2cc(C3=CCCCC3)ccc2OCCN1Cc1ncccn1. The van der Waals surface area contributed by atoms with E-state index in [4.69, 9.17) is 4.74 Å². The Morgan fingerprint density at radius 1 is 1.16 bits per heavy atom. The molecule has 2 heterocycles. The molecule has 1 aromatic heterocycles. The van der Waals surface area contributed by atoms with Crippen LogP contribution < -0.4 is 4.74 Å². The van der Waals surface area contributed by atoms with Crippen molar-refractivity contribution in [1.82, 2.24) is 14.9 Å². The van der Waals surface area contributed by atoms with Crippen molar-refractivity contribution in [2.45, 2.75) is 32.2 Å². The molecule has 2 aliphatic rings. The van der Waals surface area contributed by atoms with E-state index in [0.29, 0.717) is 36.8 Å². The van der Waals surface area contributed by atoms with Gasteiger partial charge in [0, 0.05) is 12.4 Å². The van der Waals surface area contributed by atoms with Crippen LogP contribution in [-0.4, -0.2) is 33.9 Å². The van der Waals surface area contributed by atoms with Crippen LogP contribution in [0.15, 0.2) is 42.7 Å². The molecule has 5 nitrogen and oxygen atoms in total. The van der Waals surface area contributed by atoms with Gasteiger partial charge in [-0.3, -0.25) is 4.79 Å². The Labute approximate surface area is 147 Å². The van der Waals surface area contributed by atoms with E-state index in [1.807, 2.05) is 12.1 Å². The Morgan fingerprint density at radius 2 is 2.04 bits per heavy atom. The van der Waals surface area contributed by atoms with Crippen molar-refractivity contribution in [1.29, 1.82) is 0 Å². The minimum Gasteiger partial charge on any atom is -0.491 e. The molecular weight excluding hydrogens is 314 g/mol. The van der Waals surface area contributed by atoms with Gasteiger partial charge in [-0.1, -0.05) is 12.1 Å². The van der Waals surface area contributed by atoms with Gasteiger partial charge in [0.15, 0.2) is 0 Å². The van der Waals surface area contributed by atoms with Crippen LogP contribution in [0.1, 0.15) is 47.4 Å². The summed E-state index contributed by atoms with van der Waals surface area (Å²) in [6.07, 6.45) is 10.4. The van der Waals surface area contributed by atoms with Gasteiger partial charge < -0.3 is 9.64 Å². The fraction of sp³-hybridized carbons (Fsp3) is 0.350. The van der Waals surface area contributed by atoms with Crippen LogP contribution in [-0.2, 0) is 6.54 Å². The van der Waals surface area contributed by atoms with E-state index < -0.39 is 0 Å². The monoisotopic (exact) mass is 335 g/mol. The van der Waals surface area contributed by atoms with Gasteiger partial charge in [-0.05, 0) is 55.0 Å². The molecule has 1 aromatic carbocycles. The van der Waals surface area contributed by atoms with Crippen LogP contribution in [0.2, 0.25) is 0 Å². The van der Waals surface area contributed by atoms with Gasteiger partial charge >= 0.3 is 0 Å². The third kappa shape index (κ3) is 3.40. The van der Waals surface area contributed by atoms with Crippen molar-refractivity contribution in [2.24, 2.45) is 0 Å². The van der Waals surface area contributed by atoms with Crippen LogP contribution in [0.3, 0.4) is 0 Å². The maximum absolute atomic E-state index is 13.0. The van der Waals surface area contributed by atoms with Crippen LogP contribution in [0, 0.1) is 0 Å². The average molecular weight is 335 g/mol. The molecule has 5 heteroatoms. The van der Waals surface area contributed by atoms with Gasteiger partial charge in [0.05, 0.1) is 18.7 Å². The second kappa shape index (κ2) is 7.05. The van der Waals surface area contributed by atoms with E-state index in [-0.39, 0.29) is 5.91 Å². The van der Waals surface area contributed by atoms with Crippen LogP contribution in [0.25, 0.3) is 5.57 Å². The second-order valence-corrected chi connectivity index (χ2v) is 6.43. The zero-order valence-corrected chi connectivity index (χ0v) is 14.1. The average Bonchev–Trinajstić information content (AvgIpc) is 2.82. The third-order valence-corrected chi connectivity index (χ3v) is 4.73. The molecule has 0 saturated heterocycles. The largest absolute Gasteiger partial charge is 0.491 e. The molecule has 0 bridgehead atoms. The minimum atomic E-state index is -0.0155. The molecule has 0 fully saturated rings. The Bertz CT molecular complexity index is 802. The topological polar surface area (TPSA) is 55.3 Å². The highest BCUT2D eigenvalue weighted by molar-refractivity contribution is 5.98. The number of allylic oxidation sites excluding steroid dienone is 2. The molecule has 0 atom stereocenters. The van der Waals surface area contributed by atoms with Crippen LogP contribution in [0.4, 0.5) is 0 Å². The fourth-order valence-corrected chi connectivity index (χ4v) is 3.39. The van der Waals surface area contributed by atoms with Gasteiger partial charge in [0.2, 0.25) is 0 Å². The number of aromatic nitrogens is 2. The van der Waals surface area contributed by atoms with Crippen molar-refractivity contribution in [2.75, 3.05) is 13.2 Å². The molecule has 1 aliphatic heterocycles. The van der Waals surface area contributed by atoms with E-state index in [1.54, 1.807) is 23.4 Å². The smallest absolute Gasteiger partial charge is 0.258 e. The highest BCUT2D eigenvalue weighted by Crippen LogP contribution is 2.31. The number of ether oxygens (including phenoxy) is 1. The lowest BCUT2D eigenvalue weighted by molar-refractivity contribution is 0.0738. The summed E-state index contributed by atoms with van der Waals surface area (Å²) < 4.78 is 5.81. The molecule has 1 amide bonds. The molecule has 1 aliphatic carbocycles. The van der Waals surface area contributed by atoms with Crippen molar-refractivity contribution < 1.29 is 9.53 Å². The third-order valence-electron chi connectivity index (χ3n) is 4.73. The number of hydrogen-bond acceptors (Lipinski definition) is 4. The number of fused-ring (bicyclic) bond motifs is 1. The predicted molar refractivity (Wildman–Crippen MR) is 95.2 cm³/mol. The highest BCUT2D eigenvalue weighted by Gasteiger charge is 2.25. The van der Waals surface area contributed by atoms with Gasteiger partial charge in [-0.2, -0.15) is 0 Å². The van der Waals surface area contributed by atoms with Crippen LogP contribution in [0.5, 0.6) is 5.75 Å². The lowest BCUT2D eigenvalue weighted by Crippen LogP contribution is -2.32.